The van der Waals surface area contributed by atoms with Gasteiger partial charge in [0.05, 0.1) is 19.3 Å². The Morgan fingerprint density at radius 1 is 1.44 bits per heavy atom. The van der Waals surface area contributed by atoms with E-state index in [2.05, 4.69) is 34.5 Å². The lowest BCUT2D eigenvalue weighted by Crippen LogP contribution is -2.40. The summed E-state index contributed by atoms with van der Waals surface area (Å²) in [5.74, 6) is 1.39. The van der Waals surface area contributed by atoms with Crippen molar-refractivity contribution in [2.45, 2.75) is 26.4 Å². The number of rotatable bonds is 4. The van der Waals surface area contributed by atoms with Gasteiger partial charge < -0.3 is 15.4 Å². The van der Waals surface area contributed by atoms with E-state index in [0.717, 1.165) is 11.7 Å². The van der Waals surface area contributed by atoms with Crippen LogP contribution in [0.1, 0.15) is 19.5 Å². The van der Waals surface area contributed by atoms with Crippen LogP contribution in [-0.2, 0) is 6.54 Å². The number of halogens is 1. The predicted octanol–water partition coefficient (Wildman–Crippen LogP) is 1.78. The molecular formula is C12H21IN4O. The van der Waals surface area contributed by atoms with Gasteiger partial charge in [0, 0.05) is 19.2 Å². The number of guanidine groups is 1. The van der Waals surface area contributed by atoms with Crippen molar-refractivity contribution in [2.75, 3.05) is 14.2 Å². The summed E-state index contributed by atoms with van der Waals surface area (Å²) in [6.07, 6.45) is 0. The van der Waals surface area contributed by atoms with Gasteiger partial charge in [-0.2, -0.15) is 0 Å². The van der Waals surface area contributed by atoms with Crippen LogP contribution in [0.4, 0.5) is 0 Å². The average molecular weight is 364 g/mol. The van der Waals surface area contributed by atoms with Gasteiger partial charge >= 0.3 is 0 Å². The summed E-state index contributed by atoms with van der Waals surface area (Å²) in [6.45, 7) is 4.75. The van der Waals surface area contributed by atoms with E-state index in [4.69, 9.17) is 4.74 Å². The molecule has 18 heavy (non-hydrogen) atoms. The number of aromatic nitrogens is 1. The van der Waals surface area contributed by atoms with Crippen LogP contribution in [0.25, 0.3) is 0 Å². The lowest BCUT2D eigenvalue weighted by Gasteiger charge is -2.14. The van der Waals surface area contributed by atoms with Crippen LogP contribution in [0.3, 0.4) is 0 Å². The molecule has 0 saturated carbocycles. The molecule has 1 heterocycles. The Hall–Kier alpha value is -1.05. The van der Waals surface area contributed by atoms with E-state index < -0.39 is 0 Å². The Kier molecular flexibility index (Phi) is 8.43. The van der Waals surface area contributed by atoms with Crippen LogP contribution in [0.15, 0.2) is 23.2 Å². The molecule has 0 fully saturated rings. The van der Waals surface area contributed by atoms with Gasteiger partial charge in [-0.1, -0.05) is 6.07 Å². The number of ether oxygens (including phenoxy) is 1. The Morgan fingerprint density at radius 2 is 2.17 bits per heavy atom. The highest BCUT2D eigenvalue weighted by atomic mass is 127. The summed E-state index contributed by atoms with van der Waals surface area (Å²) in [4.78, 5) is 8.43. The highest BCUT2D eigenvalue weighted by Crippen LogP contribution is 2.05. The standard InChI is InChI=1S/C12H20N4O.HI/c1-9(2)15-12(13-3)14-8-10-6-5-7-11(16-10)17-4;/h5-7,9H,8H2,1-4H3,(H2,13,14,15);1H. The third-order valence-electron chi connectivity index (χ3n) is 2.08. The molecule has 0 bridgehead atoms. The maximum atomic E-state index is 5.07. The molecule has 0 saturated heterocycles. The normalized spacial score (nSPS) is 10.8. The zero-order valence-corrected chi connectivity index (χ0v) is 13.6. The van der Waals surface area contributed by atoms with Gasteiger partial charge in [-0.15, -0.1) is 24.0 Å². The Labute approximate surface area is 125 Å². The molecule has 0 spiro atoms. The van der Waals surface area contributed by atoms with Crippen molar-refractivity contribution in [2.24, 2.45) is 4.99 Å². The fourth-order valence-electron chi connectivity index (χ4n) is 1.31. The molecule has 0 aliphatic rings. The second kappa shape index (κ2) is 8.96. The van der Waals surface area contributed by atoms with Crippen LogP contribution in [-0.4, -0.2) is 31.1 Å². The number of methoxy groups -OCH3 is 1. The van der Waals surface area contributed by atoms with Crippen molar-refractivity contribution in [3.05, 3.63) is 23.9 Å². The number of hydrogen-bond acceptors (Lipinski definition) is 3. The molecule has 1 aromatic heterocycles. The van der Waals surface area contributed by atoms with Crippen LogP contribution < -0.4 is 15.4 Å². The predicted molar refractivity (Wildman–Crippen MR) is 84.7 cm³/mol. The fourth-order valence-corrected chi connectivity index (χ4v) is 1.31. The molecule has 102 valence electrons. The minimum Gasteiger partial charge on any atom is -0.481 e. The van der Waals surface area contributed by atoms with Gasteiger partial charge in [0.15, 0.2) is 5.96 Å². The molecule has 5 nitrogen and oxygen atoms in total. The van der Waals surface area contributed by atoms with E-state index in [1.54, 1.807) is 14.2 Å². The number of nitrogens with one attached hydrogen (secondary N) is 2. The van der Waals surface area contributed by atoms with Crippen LogP contribution in [0, 0.1) is 0 Å². The van der Waals surface area contributed by atoms with E-state index in [9.17, 15) is 0 Å². The number of nitrogens with zero attached hydrogens (tertiary/aromatic N) is 2. The van der Waals surface area contributed by atoms with Gasteiger partial charge in [-0.05, 0) is 19.9 Å². The summed E-state index contributed by atoms with van der Waals surface area (Å²) in [5.41, 5.74) is 0.913. The first-order valence-electron chi connectivity index (χ1n) is 5.62. The highest BCUT2D eigenvalue weighted by Gasteiger charge is 2.01. The molecule has 0 aromatic carbocycles. The quantitative estimate of drug-likeness (QED) is 0.486. The zero-order valence-electron chi connectivity index (χ0n) is 11.2. The van der Waals surface area contributed by atoms with Gasteiger partial charge in [-0.25, -0.2) is 4.98 Å². The number of pyridine rings is 1. The van der Waals surface area contributed by atoms with E-state index >= 15 is 0 Å². The van der Waals surface area contributed by atoms with E-state index in [0.29, 0.717) is 18.5 Å². The van der Waals surface area contributed by atoms with Crippen molar-refractivity contribution in [3.63, 3.8) is 0 Å². The molecule has 0 aliphatic heterocycles. The maximum absolute atomic E-state index is 5.07. The molecule has 0 radical (unpaired) electrons. The molecule has 2 N–H and O–H groups in total. The molecule has 0 amide bonds. The van der Waals surface area contributed by atoms with E-state index in [-0.39, 0.29) is 24.0 Å². The van der Waals surface area contributed by atoms with Gasteiger partial charge in [-0.3, -0.25) is 4.99 Å². The molecule has 0 atom stereocenters. The molecular weight excluding hydrogens is 343 g/mol. The summed E-state index contributed by atoms with van der Waals surface area (Å²) < 4.78 is 5.07. The second-order valence-corrected chi connectivity index (χ2v) is 3.90. The summed E-state index contributed by atoms with van der Waals surface area (Å²) in [6, 6.07) is 6.03. The fraction of sp³-hybridized carbons (Fsp3) is 0.500. The zero-order chi connectivity index (χ0) is 12.7. The Morgan fingerprint density at radius 3 is 2.72 bits per heavy atom. The van der Waals surface area contributed by atoms with Gasteiger partial charge in [0.2, 0.25) is 5.88 Å². The van der Waals surface area contributed by atoms with Crippen LogP contribution >= 0.6 is 24.0 Å². The van der Waals surface area contributed by atoms with Crippen molar-refractivity contribution < 1.29 is 4.74 Å². The summed E-state index contributed by atoms with van der Waals surface area (Å²) in [7, 11) is 3.36. The van der Waals surface area contributed by atoms with Crippen LogP contribution in [0.5, 0.6) is 5.88 Å². The lowest BCUT2D eigenvalue weighted by atomic mass is 10.3. The second-order valence-electron chi connectivity index (χ2n) is 3.90. The number of aliphatic imine (C=N–C) groups is 1. The highest BCUT2D eigenvalue weighted by molar-refractivity contribution is 14.0. The smallest absolute Gasteiger partial charge is 0.213 e. The molecule has 1 rings (SSSR count). The molecule has 0 aliphatic carbocycles. The first-order valence-corrected chi connectivity index (χ1v) is 5.62. The summed E-state index contributed by atoms with van der Waals surface area (Å²) in [5, 5.41) is 6.40. The Balaban J connectivity index is 0.00000289. The topological polar surface area (TPSA) is 58.5 Å². The monoisotopic (exact) mass is 364 g/mol. The first kappa shape index (κ1) is 16.9. The van der Waals surface area contributed by atoms with Crippen molar-refractivity contribution in [3.8, 4) is 5.88 Å². The van der Waals surface area contributed by atoms with Crippen molar-refractivity contribution in [1.82, 2.24) is 15.6 Å². The first-order chi connectivity index (χ1) is 8.15. The average Bonchev–Trinajstić information content (AvgIpc) is 2.34. The number of hydrogen-bond donors (Lipinski definition) is 2. The minimum atomic E-state index is 0. The van der Waals surface area contributed by atoms with E-state index in [1.807, 2.05) is 18.2 Å². The maximum Gasteiger partial charge on any atom is 0.213 e. The molecule has 1 aromatic rings. The van der Waals surface area contributed by atoms with Gasteiger partial charge in [0.25, 0.3) is 0 Å². The minimum absolute atomic E-state index is 0. The van der Waals surface area contributed by atoms with Crippen molar-refractivity contribution in [1.29, 1.82) is 0 Å². The third-order valence-corrected chi connectivity index (χ3v) is 2.08. The Bertz CT molecular complexity index is 382. The molecule has 0 unspecified atom stereocenters. The largest absolute Gasteiger partial charge is 0.481 e. The summed E-state index contributed by atoms with van der Waals surface area (Å²) >= 11 is 0. The van der Waals surface area contributed by atoms with E-state index in [1.165, 1.54) is 0 Å². The third kappa shape index (κ3) is 6.04. The van der Waals surface area contributed by atoms with Gasteiger partial charge in [0.1, 0.15) is 0 Å². The molecule has 6 heteroatoms. The van der Waals surface area contributed by atoms with Crippen molar-refractivity contribution >= 4 is 29.9 Å². The van der Waals surface area contributed by atoms with Crippen LogP contribution in [0.2, 0.25) is 0 Å². The lowest BCUT2D eigenvalue weighted by molar-refractivity contribution is 0.396. The SMILES string of the molecule is CN=C(NCc1cccc(OC)n1)NC(C)C.I.